The molecular weight excluding hydrogens is 264 g/mol. The maximum absolute atomic E-state index is 11.5. The summed E-state index contributed by atoms with van der Waals surface area (Å²) in [4.78, 5) is 11.5. The third-order valence-electron chi connectivity index (χ3n) is 3.32. The lowest BCUT2D eigenvalue weighted by Crippen LogP contribution is -2.20. The Morgan fingerprint density at radius 1 is 1.10 bits per heavy atom. The van der Waals surface area contributed by atoms with Crippen molar-refractivity contribution < 1.29 is 14.6 Å². The van der Waals surface area contributed by atoms with Crippen LogP contribution in [0.25, 0.3) is 0 Å². The molecular formula is C18H34O3. The van der Waals surface area contributed by atoms with E-state index >= 15 is 0 Å². The lowest BCUT2D eigenvalue weighted by molar-refractivity contribution is -0.147. The monoisotopic (exact) mass is 298 g/mol. The number of esters is 1. The number of ether oxygens (including phenoxy) is 1. The summed E-state index contributed by atoms with van der Waals surface area (Å²) in [7, 11) is 0. The number of rotatable bonds is 13. The molecule has 0 saturated heterocycles. The van der Waals surface area contributed by atoms with E-state index in [1.54, 1.807) is 0 Å². The summed E-state index contributed by atoms with van der Waals surface area (Å²) >= 11 is 0. The highest BCUT2D eigenvalue weighted by Gasteiger charge is 2.10. The Labute approximate surface area is 130 Å². The smallest absolute Gasteiger partial charge is 0.305 e. The molecule has 3 nitrogen and oxygen atoms in total. The van der Waals surface area contributed by atoms with E-state index in [9.17, 15) is 9.90 Å². The molecule has 0 aliphatic rings. The van der Waals surface area contributed by atoms with Crippen molar-refractivity contribution in [1.82, 2.24) is 0 Å². The summed E-state index contributed by atoms with van der Waals surface area (Å²) in [5.41, 5.74) is 0. The predicted octanol–water partition coefficient (Wildman–Crippen LogP) is 4.63. The Kier molecular flexibility index (Phi) is 13.6. The average Bonchev–Trinajstić information content (AvgIpc) is 2.42. The maximum Gasteiger partial charge on any atom is 0.305 e. The summed E-state index contributed by atoms with van der Waals surface area (Å²) in [5.74, 6) is 0.236. The van der Waals surface area contributed by atoms with E-state index < -0.39 is 6.10 Å². The lowest BCUT2D eigenvalue weighted by atomic mass is 10.1. The van der Waals surface area contributed by atoms with Gasteiger partial charge in [-0.3, -0.25) is 4.79 Å². The van der Waals surface area contributed by atoms with E-state index in [1.165, 1.54) is 19.3 Å². The van der Waals surface area contributed by atoms with Gasteiger partial charge in [0.25, 0.3) is 0 Å². The minimum Gasteiger partial charge on any atom is -0.463 e. The maximum atomic E-state index is 11.5. The zero-order valence-electron chi connectivity index (χ0n) is 14.1. The molecule has 0 rings (SSSR count). The molecule has 0 aromatic heterocycles. The van der Waals surface area contributed by atoms with Crippen LogP contribution in [0.4, 0.5) is 0 Å². The first-order valence-electron chi connectivity index (χ1n) is 8.55. The first kappa shape index (κ1) is 20.2. The molecule has 0 fully saturated rings. The number of aliphatic hydroxyl groups excluding tert-OH is 1. The van der Waals surface area contributed by atoms with Gasteiger partial charge in [-0.2, -0.15) is 0 Å². The molecule has 0 radical (unpaired) electrons. The van der Waals surface area contributed by atoms with Gasteiger partial charge in [-0.1, -0.05) is 52.2 Å². The summed E-state index contributed by atoms with van der Waals surface area (Å²) in [5, 5.41) is 9.61. The van der Waals surface area contributed by atoms with Crippen LogP contribution >= 0.6 is 0 Å². The van der Waals surface area contributed by atoms with E-state index in [-0.39, 0.29) is 12.6 Å². The van der Waals surface area contributed by atoms with Crippen molar-refractivity contribution in [2.45, 2.75) is 84.7 Å². The second kappa shape index (κ2) is 14.1. The van der Waals surface area contributed by atoms with Crippen molar-refractivity contribution >= 4 is 5.97 Å². The van der Waals surface area contributed by atoms with E-state index in [4.69, 9.17) is 4.74 Å². The van der Waals surface area contributed by atoms with Crippen LogP contribution in [0.15, 0.2) is 12.2 Å². The summed E-state index contributed by atoms with van der Waals surface area (Å²) < 4.78 is 5.07. The summed E-state index contributed by atoms with van der Waals surface area (Å²) in [6.45, 7) is 6.43. The summed E-state index contributed by atoms with van der Waals surface area (Å²) in [6, 6.07) is 0. The molecule has 0 aromatic rings. The Morgan fingerprint density at radius 2 is 1.76 bits per heavy atom. The largest absolute Gasteiger partial charge is 0.463 e. The van der Waals surface area contributed by atoms with Crippen LogP contribution in [0.3, 0.4) is 0 Å². The topological polar surface area (TPSA) is 46.5 Å². The minimum absolute atomic E-state index is 0.136. The third kappa shape index (κ3) is 15.4. The van der Waals surface area contributed by atoms with Crippen LogP contribution in [-0.2, 0) is 9.53 Å². The SMILES string of the molecule is CCCC/C=C\CCCCCC(=O)OCC(O)CC(C)C. The molecule has 0 aliphatic carbocycles. The number of allylic oxidation sites excluding steroid dienone is 2. The second-order valence-electron chi connectivity index (χ2n) is 6.18. The molecule has 0 heterocycles. The van der Waals surface area contributed by atoms with E-state index in [0.29, 0.717) is 18.8 Å². The Morgan fingerprint density at radius 3 is 2.38 bits per heavy atom. The highest BCUT2D eigenvalue weighted by atomic mass is 16.5. The zero-order chi connectivity index (χ0) is 15.9. The van der Waals surface area contributed by atoms with Crippen molar-refractivity contribution in [3.63, 3.8) is 0 Å². The number of carbonyl (C=O) groups is 1. The van der Waals surface area contributed by atoms with Gasteiger partial charge in [0.2, 0.25) is 0 Å². The van der Waals surface area contributed by atoms with E-state index in [2.05, 4.69) is 19.1 Å². The van der Waals surface area contributed by atoms with E-state index in [0.717, 1.165) is 25.7 Å². The fourth-order valence-electron chi connectivity index (χ4n) is 2.14. The van der Waals surface area contributed by atoms with Crippen molar-refractivity contribution in [2.75, 3.05) is 6.61 Å². The number of hydrogen-bond donors (Lipinski definition) is 1. The zero-order valence-corrected chi connectivity index (χ0v) is 14.1. The van der Waals surface area contributed by atoms with Crippen LogP contribution in [0, 0.1) is 5.92 Å². The molecule has 0 amide bonds. The van der Waals surface area contributed by atoms with Gasteiger partial charge in [-0.15, -0.1) is 0 Å². The molecule has 0 bridgehead atoms. The first-order chi connectivity index (χ1) is 10.1. The molecule has 21 heavy (non-hydrogen) atoms. The van der Waals surface area contributed by atoms with Crippen molar-refractivity contribution in [3.05, 3.63) is 12.2 Å². The van der Waals surface area contributed by atoms with Crippen LogP contribution in [0.5, 0.6) is 0 Å². The number of hydrogen-bond acceptors (Lipinski definition) is 3. The van der Waals surface area contributed by atoms with Gasteiger partial charge in [-0.05, 0) is 38.0 Å². The van der Waals surface area contributed by atoms with Crippen LogP contribution in [0.1, 0.15) is 78.6 Å². The summed E-state index contributed by atoms with van der Waals surface area (Å²) in [6.07, 6.45) is 13.0. The van der Waals surface area contributed by atoms with Gasteiger partial charge >= 0.3 is 5.97 Å². The van der Waals surface area contributed by atoms with Gasteiger partial charge in [0, 0.05) is 6.42 Å². The second-order valence-corrected chi connectivity index (χ2v) is 6.18. The predicted molar refractivity (Wildman–Crippen MR) is 88.2 cm³/mol. The lowest BCUT2D eigenvalue weighted by Gasteiger charge is -2.13. The fraction of sp³-hybridized carbons (Fsp3) is 0.833. The molecule has 0 spiro atoms. The highest BCUT2D eigenvalue weighted by molar-refractivity contribution is 5.69. The molecule has 124 valence electrons. The van der Waals surface area contributed by atoms with Gasteiger partial charge in [0.05, 0.1) is 6.10 Å². The van der Waals surface area contributed by atoms with Gasteiger partial charge in [0.15, 0.2) is 0 Å². The van der Waals surface area contributed by atoms with Gasteiger partial charge in [-0.25, -0.2) is 0 Å². The van der Waals surface area contributed by atoms with Crippen LogP contribution in [0.2, 0.25) is 0 Å². The quantitative estimate of drug-likeness (QED) is 0.306. The average molecular weight is 298 g/mol. The molecule has 1 unspecified atom stereocenters. The Balaban J connectivity index is 3.39. The van der Waals surface area contributed by atoms with E-state index in [1.807, 2.05) is 13.8 Å². The fourth-order valence-corrected chi connectivity index (χ4v) is 2.14. The van der Waals surface area contributed by atoms with Gasteiger partial charge in [0.1, 0.15) is 6.61 Å². The molecule has 0 aromatic carbocycles. The molecule has 3 heteroatoms. The number of aliphatic hydroxyl groups is 1. The molecule has 0 aliphatic heterocycles. The van der Waals surface area contributed by atoms with Crippen molar-refractivity contribution in [1.29, 1.82) is 0 Å². The Hall–Kier alpha value is -0.830. The van der Waals surface area contributed by atoms with Gasteiger partial charge < -0.3 is 9.84 Å². The van der Waals surface area contributed by atoms with Crippen molar-refractivity contribution in [2.24, 2.45) is 5.92 Å². The van der Waals surface area contributed by atoms with Crippen LogP contribution in [-0.4, -0.2) is 23.8 Å². The number of carbonyl (C=O) groups excluding carboxylic acids is 1. The van der Waals surface area contributed by atoms with Crippen molar-refractivity contribution in [3.8, 4) is 0 Å². The molecule has 0 saturated carbocycles. The van der Waals surface area contributed by atoms with Crippen LogP contribution < -0.4 is 0 Å². The Bertz CT molecular complexity index is 272. The normalized spacial score (nSPS) is 13.0. The number of unbranched alkanes of at least 4 members (excludes halogenated alkanes) is 5. The highest BCUT2D eigenvalue weighted by Crippen LogP contribution is 2.08. The first-order valence-corrected chi connectivity index (χ1v) is 8.55. The molecule has 1 atom stereocenters. The molecule has 1 N–H and O–H groups in total. The standard InChI is InChI=1S/C18H34O3/c1-4-5-6-7-8-9-10-11-12-13-18(20)21-15-17(19)14-16(2)3/h7-8,16-17,19H,4-6,9-15H2,1-3H3/b8-7-. The minimum atomic E-state index is -0.526. The third-order valence-corrected chi connectivity index (χ3v) is 3.32.